The van der Waals surface area contributed by atoms with Crippen molar-refractivity contribution in [3.8, 4) is 5.75 Å². The quantitative estimate of drug-likeness (QED) is 0.693. The van der Waals surface area contributed by atoms with Crippen molar-refractivity contribution in [2.75, 3.05) is 33.3 Å². The maximum atomic E-state index is 12.7. The number of sulfonamides is 1. The number of benzene rings is 1. The van der Waals surface area contributed by atoms with Gasteiger partial charge in [-0.05, 0) is 44.0 Å². The van der Waals surface area contributed by atoms with Crippen LogP contribution in [-0.2, 0) is 14.8 Å². The number of quaternary nitrogens is 1. The van der Waals surface area contributed by atoms with Crippen LogP contribution in [0.15, 0.2) is 29.2 Å². The number of methoxy groups -OCH3 is 1. The van der Waals surface area contributed by atoms with E-state index < -0.39 is 10.0 Å². The third-order valence-electron chi connectivity index (χ3n) is 4.99. The lowest BCUT2D eigenvalue weighted by molar-refractivity contribution is -0.917. The summed E-state index contributed by atoms with van der Waals surface area (Å²) < 4.78 is 32.1. The van der Waals surface area contributed by atoms with E-state index in [1.165, 1.54) is 4.31 Å². The molecule has 0 unspecified atom stereocenters. The smallest absolute Gasteiger partial charge is 0.278 e. The van der Waals surface area contributed by atoms with Gasteiger partial charge in [-0.1, -0.05) is 0 Å². The van der Waals surface area contributed by atoms with Crippen molar-refractivity contribution in [1.29, 1.82) is 0 Å². The summed E-state index contributed by atoms with van der Waals surface area (Å²) in [6.45, 7) is 4.03. The van der Waals surface area contributed by atoms with Crippen LogP contribution >= 0.6 is 0 Å². The number of nitrogens with one attached hydrogen (secondary N) is 2. The Kier molecular flexibility index (Phi) is 5.31. The first-order chi connectivity index (χ1) is 11.9. The van der Waals surface area contributed by atoms with Crippen LogP contribution in [0.3, 0.4) is 0 Å². The summed E-state index contributed by atoms with van der Waals surface area (Å²) in [6, 6.07) is 6.65. The SMILES string of the molecule is COc1ccc(S(=O)(=O)N2CC[NH+]([C@@H](C)C(=O)NC3CC3)CC2)cc1. The molecule has 2 aliphatic rings. The van der Waals surface area contributed by atoms with Gasteiger partial charge in [-0.3, -0.25) is 4.79 Å². The van der Waals surface area contributed by atoms with E-state index in [1.54, 1.807) is 31.4 Å². The molecule has 1 aliphatic heterocycles. The molecule has 8 heteroatoms. The number of ether oxygens (including phenoxy) is 1. The zero-order valence-electron chi connectivity index (χ0n) is 14.7. The van der Waals surface area contributed by atoms with E-state index >= 15 is 0 Å². The molecule has 2 N–H and O–H groups in total. The minimum atomic E-state index is -3.50. The highest BCUT2D eigenvalue weighted by Crippen LogP contribution is 2.20. The van der Waals surface area contributed by atoms with Crippen LogP contribution in [0, 0.1) is 0 Å². The summed E-state index contributed by atoms with van der Waals surface area (Å²) in [5.41, 5.74) is 0. The molecule has 138 valence electrons. The van der Waals surface area contributed by atoms with E-state index in [4.69, 9.17) is 4.74 Å². The Balaban J connectivity index is 1.59. The van der Waals surface area contributed by atoms with Crippen molar-refractivity contribution in [3.05, 3.63) is 24.3 Å². The molecule has 1 aliphatic carbocycles. The number of nitrogens with zero attached hydrogens (tertiary/aromatic N) is 1. The Labute approximate surface area is 149 Å². The van der Waals surface area contributed by atoms with Gasteiger partial charge in [-0.15, -0.1) is 0 Å². The molecule has 0 radical (unpaired) electrons. The molecule has 2 fully saturated rings. The van der Waals surface area contributed by atoms with Gasteiger partial charge in [0.25, 0.3) is 5.91 Å². The van der Waals surface area contributed by atoms with Crippen LogP contribution in [0.1, 0.15) is 19.8 Å². The molecule has 1 atom stereocenters. The van der Waals surface area contributed by atoms with Crippen molar-refractivity contribution in [2.24, 2.45) is 0 Å². The molecular formula is C17H26N3O4S+. The van der Waals surface area contributed by atoms with E-state index in [2.05, 4.69) is 5.32 Å². The van der Waals surface area contributed by atoms with E-state index in [0.717, 1.165) is 17.7 Å². The number of amides is 1. The molecule has 3 rings (SSSR count). The van der Waals surface area contributed by atoms with Crippen LogP contribution in [0.5, 0.6) is 5.75 Å². The van der Waals surface area contributed by atoms with Crippen molar-refractivity contribution >= 4 is 15.9 Å². The van der Waals surface area contributed by atoms with Gasteiger partial charge in [0.05, 0.1) is 38.2 Å². The van der Waals surface area contributed by atoms with Crippen molar-refractivity contribution in [1.82, 2.24) is 9.62 Å². The summed E-state index contributed by atoms with van der Waals surface area (Å²) in [5.74, 6) is 0.702. The van der Waals surface area contributed by atoms with Gasteiger partial charge in [-0.25, -0.2) is 8.42 Å². The number of hydrogen-bond donors (Lipinski definition) is 2. The lowest BCUT2D eigenvalue weighted by Gasteiger charge is -2.34. The Morgan fingerprint density at radius 2 is 1.84 bits per heavy atom. The first kappa shape index (κ1) is 18.2. The molecular weight excluding hydrogens is 342 g/mol. The molecule has 7 nitrogen and oxygen atoms in total. The minimum absolute atomic E-state index is 0.0731. The normalized spacial score (nSPS) is 20.9. The molecule has 1 aromatic carbocycles. The lowest BCUT2D eigenvalue weighted by Crippen LogP contribution is -3.19. The fraction of sp³-hybridized carbons (Fsp3) is 0.588. The Bertz CT molecular complexity index is 708. The van der Waals surface area contributed by atoms with Crippen molar-refractivity contribution in [2.45, 2.75) is 36.7 Å². The summed E-state index contributed by atoms with van der Waals surface area (Å²) in [4.78, 5) is 13.6. The molecule has 1 saturated carbocycles. The standard InChI is InChI=1S/C17H25N3O4S/c1-13(17(21)18-14-3-4-14)19-9-11-20(12-10-19)25(22,23)16-7-5-15(24-2)6-8-16/h5-8,13-14H,3-4,9-12H2,1-2H3,(H,18,21)/p+1/t13-/m0/s1. The highest BCUT2D eigenvalue weighted by molar-refractivity contribution is 7.89. The predicted octanol–water partition coefficient (Wildman–Crippen LogP) is -0.748. The number of hydrogen-bond acceptors (Lipinski definition) is 4. The van der Waals surface area contributed by atoms with Gasteiger partial charge in [0.15, 0.2) is 6.04 Å². The zero-order chi connectivity index (χ0) is 18.0. The van der Waals surface area contributed by atoms with E-state index in [9.17, 15) is 13.2 Å². The van der Waals surface area contributed by atoms with Crippen molar-refractivity contribution < 1.29 is 22.8 Å². The number of rotatable bonds is 6. The van der Waals surface area contributed by atoms with E-state index in [0.29, 0.717) is 38.0 Å². The first-order valence-corrected chi connectivity index (χ1v) is 10.1. The molecule has 0 bridgehead atoms. The third kappa shape index (κ3) is 4.13. The van der Waals surface area contributed by atoms with E-state index in [-0.39, 0.29) is 16.8 Å². The Hall–Kier alpha value is -1.64. The summed E-state index contributed by atoms with van der Waals surface area (Å²) >= 11 is 0. The van der Waals surface area contributed by atoms with Crippen LogP contribution in [0.2, 0.25) is 0 Å². The van der Waals surface area contributed by atoms with Crippen LogP contribution in [0.4, 0.5) is 0 Å². The molecule has 0 spiro atoms. The monoisotopic (exact) mass is 368 g/mol. The highest BCUT2D eigenvalue weighted by Gasteiger charge is 2.35. The van der Waals surface area contributed by atoms with Gasteiger partial charge in [-0.2, -0.15) is 4.31 Å². The Morgan fingerprint density at radius 3 is 2.36 bits per heavy atom. The molecule has 1 aromatic rings. The number of carbonyl (C=O) groups is 1. The largest absolute Gasteiger partial charge is 0.497 e. The Morgan fingerprint density at radius 1 is 1.24 bits per heavy atom. The number of carbonyl (C=O) groups excluding carboxylic acids is 1. The third-order valence-corrected chi connectivity index (χ3v) is 6.90. The lowest BCUT2D eigenvalue weighted by atomic mass is 10.2. The fourth-order valence-electron chi connectivity index (χ4n) is 3.08. The first-order valence-electron chi connectivity index (χ1n) is 8.71. The second-order valence-corrected chi connectivity index (χ2v) is 8.68. The maximum absolute atomic E-state index is 12.7. The zero-order valence-corrected chi connectivity index (χ0v) is 15.5. The summed E-state index contributed by atoms with van der Waals surface area (Å²) in [6.07, 6.45) is 2.14. The minimum Gasteiger partial charge on any atom is -0.497 e. The second-order valence-electron chi connectivity index (χ2n) is 6.74. The maximum Gasteiger partial charge on any atom is 0.278 e. The topological polar surface area (TPSA) is 80.2 Å². The number of piperazine rings is 1. The average Bonchev–Trinajstić information content (AvgIpc) is 3.45. The van der Waals surface area contributed by atoms with Crippen LogP contribution in [0.25, 0.3) is 0 Å². The van der Waals surface area contributed by atoms with Gasteiger partial charge >= 0.3 is 0 Å². The fourth-order valence-corrected chi connectivity index (χ4v) is 4.52. The van der Waals surface area contributed by atoms with Gasteiger partial charge in [0.1, 0.15) is 5.75 Å². The van der Waals surface area contributed by atoms with Crippen molar-refractivity contribution in [3.63, 3.8) is 0 Å². The van der Waals surface area contributed by atoms with Crippen LogP contribution in [-0.4, -0.2) is 64.0 Å². The van der Waals surface area contributed by atoms with E-state index in [1.807, 2.05) is 6.92 Å². The second kappa shape index (κ2) is 7.31. The van der Waals surface area contributed by atoms with Gasteiger partial charge in [0, 0.05) is 6.04 Å². The molecule has 1 heterocycles. The molecule has 0 aromatic heterocycles. The highest BCUT2D eigenvalue weighted by atomic mass is 32.2. The predicted molar refractivity (Wildman–Crippen MR) is 93.1 cm³/mol. The van der Waals surface area contributed by atoms with Gasteiger partial charge < -0.3 is 15.0 Å². The molecule has 25 heavy (non-hydrogen) atoms. The molecule has 1 amide bonds. The van der Waals surface area contributed by atoms with Crippen LogP contribution < -0.4 is 15.0 Å². The average molecular weight is 368 g/mol. The summed E-state index contributed by atoms with van der Waals surface area (Å²) in [5, 5.41) is 3.03. The summed E-state index contributed by atoms with van der Waals surface area (Å²) in [7, 11) is -1.95. The van der Waals surface area contributed by atoms with Gasteiger partial charge in [0.2, 0.25) is 10.0 Å². The molecule has 1 saturated heterocycles.